The molecule has 0 unspecified atom stereocenters. The number of furan rings is 1. The maximum atomic E-state index is 12.2. The Morgan fingerprint density at radius 1 is 1.17 bits per heavy atom. The van der Waals surface area contributed by atoms with Crippen LogP contribution in [0.5, 0.6) is 5.75 Å². The van der Waals surface area contributed by atoms with Crippen molar-refractivity contribution in [2.45, 2.75) is 13.2 Å². The number of carbonyl (C=O) groups excluding carboxylic acids is 1. The van der Waals surface area contributed by atoms with Crippen LogP contribution in [0.1, 0.15) is 22.6 Å². The zero-order chi connectivity index (χ0) is 20.5. The van der Waals surface area contributed by atoms with Crippen molar-refractivity contribution in [3.05, 3.63) is 89.1 Å². The highest BCUT2D eigenvalue weighted by atomic mass is 16.5. The molecule has 3 aromatic rings. The fraction of sp³-hybridized carbons (Fsp3) is 0.0909. The molecular weight excluding hydrogens is 368 g/mol. The molecule has 0 radical (unpaired) electrons. The van der Waals surface area contributed by atoms with Crippen molar-refractivity contribution >= 4 is 12.0 Å². The van der Waals surface area contributed by atoms with Gasteiger partial charge in [-0.1, -0.05) is 6.07 Å². The second-order valence-corrected chi connectivity index (χ2v) is 5.94. The van der Waals surface area contributed by atoms with Crippen LogP contribution >= 0.6 is 0 Å². The van der Waals surface area contributed by atoms with Crippen molar-refractivity contribution in [2.24, 2.45) is 0 Å². The second-order valence-electron chi connectivity index (χ2n) is 5.94. The van der Waals surface area contributed by atoms with Gasteiger partial charge in [0, 0.05) is 25.0 Å². The van der Waals surface area contributed by atoms with Gasteiger partial charge in [0.05, 0.1) is 11.6 Å². The molecule has 1 N–H and O–H groups in total. The van der Waals surface area contributed by atoms with Gasteiger partial charge in [-0.15, -0.1) is 0 Å². The maximum Gasteiger partial charge on any atom is 0.262 e. The molecule has 0 aliphatic rings. The predicted octanol–water partition coefficient (Wildman–Crippen LogP) is 3.35. The monoisotopic (exact) mass is 384 g/mol. The van der Waals surface area contributed by atoms with Gasteiger partial charge >= 0.3 is 0 Å². The molecule has 7 heteroatoms. The van der Waals surface area contributed by atoms with Crippen LogP contribution in [0.3, 0.4) is 0 Å². The standard InChI is InChI=1S/C22H16N4O3/c23-11-16-3-5-19(6-4-16)28-15-21-8-7-20(29-21)10-18(12-24)22(27)26-14-17-2-1-9-25-13-17/h1-10,13H,14-15H2,(H,26,27)/b18-10-. The van der Waals surface area contributed by atoms with Gasteiger partial charge in [-0.05, 0) is 48.0 Å². The van der Waals surface area contributed by atoms with Crippen molar-refractivity contribution in [2.75, 3.05) is 0 Å². The van der Waals surface area contributed by atoms with Crippen molar-refractivity contribution in [1.29, 1.82) is 10.5 Å². The topological polar surface area (TPSA) is 112 Å². The molecule has 29 heavy (non-hydrogen) atoms. The fourth-order valence-electron chi connectivity index (χ4n) is 2.40. The van der Waals surface area contributed by atoms with Crippen LogP contribution in [0, 0.1) is 22.7 Å². The quantitative estimate of drug-likeness (QED) is 0.494. The van der Waals surface area contributed by atoms with E-state index >= 15 is 0 Å². The predicted molar refractivity (Wildman–Crippen MR) is 104 cm³/mol. The molecule has 0 saturated heterocycles. The highest BCUT2D eigenvalue weighted by Gasteiger charge is 2.11. The lowest BCUT2D eigenvalue weighted by atomic mass is 10.2. The fourth-order valence-corrected chi connectivity index (χ4v) is 2.40. The third kappa shape index (κ3) is 5.56. The Bertz CT molecular complexity index is 1090. The molecule has 142 valence electrons. The SMILES string of the molecule is N#C/C(=C/c1ccc(COc2ccc(C#N)cc2)o1)C(=O)NCc1cccnc1. The first-order chi connectivity index (χ1) is 14.2. The lowest BCUT2D eigenvalue weighted by Gasteiger charge is -2.04. The summed E-state index contributed by atoms with van der Waals surface area (Å²) >= 11 is 0. The summed E-state index contributed by atoms with van der Waals surface area (Å²) in [6.07, 6.45) is 4.66. The summed E-state index contributed by atoms with van der Waals surface area (Å²) in [6.45, 7) is 0.447. The van der Waals surface area contributed by atoms with Crippen LogP contribution in [-0.4, -0.2) is 10.9 Å². The van der Waals surface area contributed by atoms with Crippen LogP contribution in [0.2, 0.25) is 0 Å². The van der Waals surface area contributed by atoms with E-state index in [4.69, 9.17) is 14.4 Å². The Labute approximate surface area is 167 Å². The molecule has 1 aromatic carbocycles. The Balaban J connectivity index is 1.58. The smallest absolute Gasteiger partial charge is 0.262 e. The van der Waals surface area contributed by atoms with Crippen LogP contribution in [0.15, 0.2) is 70.9 Å². The number of amides is 1. The van der Waals surface area contributed by atoms with Gasteiger partial charge in [0.25, 0.3) is 5.91 Å². The maximum absolute atomic E-state index is 12.2. The summed E-state index contributed by atoms with van der Waals surface area (Å²) in [5.41, 5.74) is 1.31. The van der Waals surface area contributed by atoms with Gasteiger partial charge in [0.15, 0.2) is 0 Å². The Morgan fingerprint density at radius 3 is 2.69 bits per heavy atom. The zero-order valence-corrected chi connectivity index (χ0v) is 15.3. The largest absolute Gasteiger partial charge is 0.486 e. The summed E-state index contributed by atoms with van der Waals surface area (Å²) in [6, 6.07) is 17.6. The van der Waals surface area contributed by atoms with Gasteiger partial charge in [0.2, 0.25) is 0 Å². The number of benzene rings is 1. The van der Waals surface area contributed by atoms with Gasteiger partial charge < -0.3 is 14.5 Å². The molecule has 0 bridgehead atoms. The van der Waals surface area contributed by atoms with Crippen molar-refractivity contribution in [1.82, 2.24) is 10.3 Å². The number of aromatic nitrogens is 1. The Kier molecular flexibility index (Phi) is 6.38. The van der Waals surface area contributed by atoms with Crippen LogP contribution in [-0.2, 0) is 17.9 Å². The van der Waals surface area contributed by atoms with E-state index in [2.05, 4.69) is 10.3 Å². The van der Waals surface area contributed by atoms with Crippen LogP contribution in [0.25, 0.3) is 6.08 Å². The highest BCUT2D eigenvalue weighted by molar-refractivity contribution is 6.01. The van der Waals surface area contributed by atoms with Crippen LogP contribution in [0.4, 0.5) is 0 Å². The van der Waals surface area contributed by atoms with E-state index in [1.54, 1.807) is 54.9 Å². The average molecular weight is 384 g/mol. The number of nitriles is 2. The van der Waals surface area contributed by atoms with Gasteiger partial charge in [-0.3, -0.25) is 9.78 Å². The van der Waals surface area contributed by atoms with E-state index in [9.17, 15) is 10.1 Å². The number of hydrogen-bond donors (Lipinski definition) is 1. The minimum absolute atomic E-state index is 0.0669. The first kappa shape index (κ1) is 19.4. The number of ether oxygens (including phenoxy) is 1. The molecule has 2 aromatic heterocycles. The number of pyridine rings is 1. The average Bonchev–Trinajstić information content (AvgIpc) is 3.23. The summed E-state index contributed by atoms with van der Waals surface area (Å²) in [7, 11) is 0. The van der Waals surface area contributed by atoms with E-state index in [-0.39, 0.29) is 18.7 Å². The minimum atomic E-state index is -0.497. The number of rotatable bonds is 7. The molecule has 0 aliphatic carbocycles. The molecule has 2 heterocycles. The number of nitrogens with one attached hydrogen (secondary N) is 1. The molecule has 3 rings (SSSR count). The molecular formula is C22H16N4O3. The van der Waals surface area contributed by atoms with E-state index in [0.29, 0.717) is 22.8 Å². The molecule has 0 fully saturated rings. The van der Waals surface area contributed by atoms with Gasteiger partial charge in [-0.25, -0.2) is 0 Å². The Hall–Kier alpha value is -4.36. The highest BCUT2D eigenvalue weighted by Crippen LogP contribution is 2.17. The third-order valence-corrected chi connectivity index (χ3v) is 3.87. The first-order valence-corrected chi connectivity index (χ1v) is 8.68. The first-order valence-electron chi connectivity index (χ1n) is 8.68. The zero-order valence-electron chi connectivity index (χ0n) is 15.3. The summed E-state index contributed by atoms with van der Waals surface area (Å²) < 4.78 is 11.2. The number of carbonyl (C=O) groups is 1. The molecule has 1 amide bonds. The van der Waals surface area contributed by atoms with Crippen molar-refractivity contribution < 1.29 is 13.9 Å². The molecule has 0 aliphatic heterocycles. The third-order valence-electron chi connectivity index (χ3n) is 3.87. The van der Waals surface area contributed by atoms with Crippen molar-refractivity contribution in [3.8, 4) is 17.9 Å². The summed E-state index contributed by atoms with van der Waals surface area (Å²) in [5, 5.41) is 20.7. The summed E-state index contributed by atoms with van der Waals surface area (Å²) in [4.78, 5) is 16.2. The normalized spacial score (nSPS) is 10.6. The summed E-state index contributed by atoms with van der Waals surface area (Å²) in [5.74, 6) is 1.01. The van der Waals surface area contributed by atoms with E-state index < -0.39 is 5.91 Å². The molecule has 0 saturated carbocycles. The van der Waals surface area contributed by atoms with Crippen molar-refractivity contribution in [3.63, 3.8) is 0 Å². The molecule has 0 atom stereocenters. The van der Waals surface area contributed by atoms with E-state index in [1.165, 1.54) is 6.08 Å². The number of hydrogen-bond acceptors (Lipinski definition) is 6. The lowest BCUT2D eigenvalue weighted by Crippen LogP contribution is -2.23. The Morgan fingerprint density at radius 2 is 2.00 bits per heavy atom. The second kappa shape index (κ2) is 9.54. The van der Waals surface area contributed by atoms with Crippen LogP contribution < -0.4 is 10.1 Å². The number of nitrogens with zero attached hydrogens (tertiary/aromatic N) is 3. The molecule has 7 nitrogen and oxygen atoms in total. The molecule has 0 spiro atoms. The van der Waals surface area contributed by atoms with Gasteiger partial charge in [-0.2, -0.15) is 10.5 Å². The van der Waals surface area contributed by atoms with E-state index in [0.717, 1.165) is 5.56 Å². The van der Waals surface area contributed by atoms with Gasteiger partial charge in [0.1, 0.15) is 35.5 Å². The minimum Gasteiger partial charge on any atom is -0.486 e. The van der Waals surface area contributed by atoms with E-state index in [1.807, 2.05) is 18.2 Å². The lowest BCUT2D eigenvalue weighted by molar-refractivity contribution is -0.117.